The molecule has 0 radical (unpaired) electrons. The van der Waals surface area contributed by atoms with Crippen molar-refractivity contribution in [3.63, 3.8) is 0 Å². The second-order valence-corrected chi connectivity index (χ2v) is 8.65. The molecule has 1 amide bonds. The fourth-order valence-corrected chi connectivity index (χ4v) is 4.60. The molecule has 29 heavy (non-hydrogen) atoms. The monoisotopic (exact) mass is 533 g/mol. The zero-order valence-corrected chi connectivity index (χ0v) is 19.2. The highest BCUT2D eigenvalue weighted by molar-refractivity contribution is 9.10. The first-order chi connectivity index (χ1) is 13.7. The number of methoxy groups -OCH3 is 1. The van der Waals surface area contributed by atoms with Crippen molar-refractivity contribution in [3.05, 3.63) is 66.4 Å². The van der Waals surface area contributed by atoms with E-state index in [9.17, 15) is 14.7 Å². The molecule has 0 atom stereocenters. The summed E-state index contributed by atoms with van der Waals surface area (Å²) in [5, 5.41) is 14.3. The first-order valence-corrected chi connectivity index (χ1v) is 10.7. The van der Waals surface area contributed by atoms with E-state index in [2.05, 4.69) is 21.2 Å². The second kappa shape index (κ2) is 8.93. The number of halogens is 4. The summed E-state index contributed by atoms with van der Waals surface area (Å²) in [5.74, 6) is -1.75. The van der Waals surface area contributed by atoms with Crippen molar-refractivity contribution >= 4 is 78.9 Å². The summed E-state index contributed by atoms with van der Waals surface area (Å²) in [5.41, 5.74) is 1.18. The van der Waals surface area contributed by atoms with Crippen LogP contribution in [0.1, 0.15) is 20.7 Å². The molecule has 150 valence electrons. The Bertz CT molecular complexity index is 1120. The Hall–Kier alpha value is -1.77. The van der Waals surface area contributed by atoms with E-state index in [0.717, 1.165) is 15.8 Å². The van der Waals surface area contributed by atoms with Crippen LogP contribution in [0.3, 0.4) is 0 Å². The number of rotatable bonds is 5. The SMILES string of the molecule is COc1c(Cl)c(Cl)cc(C(=O)Nc2scc(-c3ccc(Br)cc3)c2C(=O)O)c1Cl. The second-order valence-electron chi connectivity index (χ2n) is 5.69. The Morgan fingerprint density at radius 2 is 1.79 bits per heavy atom. The highest BCUT2D eigenvalue weighted by Gasteiger charge is 2.24. The Morgan fingerprint density at radius 1 is 1.14 bits per heavy atom. The van der Waals surface area contributed by atoms with Crippen molar-refractivity contribution in [2.75, 3.05) is 12.4 Å². The van der Waals surface area contributed by atoms with E-state index in [1.54, 1.807) is 29.6 Å². The van der Waals surface area contributed by atoms with Crippen LogP contribution in [-0.2, 0) is 0 Å². The molecule has 0 fully saturated rings. The van der Waals surface area contributed by atoms with Crippen LogP contribution in [0, 0.1) is 0 Å². The quantitative estimate of drug-likeness (QED) is 0.342. The summed E-state index contributed by atoms with van der Waals surface area (Å²) >= 11 is 22.7. The van der Waals surface area contributed by atoms with E-state index in [1.807, 2.05) is 0 Å². The smallest absolute Gasteiger partial charge is 0.339 e. The summed E-state index contributed by atoms with van der Waals surface area (Å²) in [6.07, 6.45) is 0. The van der Waals surface area contributed by atoms with Crippen molar-refractivity contribution in [2.24, 2.45) is 0 Å². The topological polar surface area (TPSA) is 75.6 Å². The van der Waals surface area contributed by atoms with Gasteiger partial charge in [-0.15, -0.1) is 11.3 Å². The number of hydrogen-bond acceptors (Lipinski definition) is 4. The van der Waals surface area contributed by atoms with Crippen LogP contribution in [-0.4, -0.2) is 24.1 Å². The molecule has 1 aromatic heterocycles. The highest BCUT2D eigenvalue weighted by Crippen LogP contribution is 2.41. The number of carbonyl (C=O) groups excluding carboxylic acids is 1. The lowest BCUT2D eigenvalue weighted by Crippen LogP contribution is -2.14. The van der Waals surface area contributed by atoms with Crippen LogP contribution < -0.4 is 10.1 Å². The van der Waals surface area contributed by atoms with Crippen LogP contribution in [0.5, 0.6) is 5.75 Å². The minimum atomic E-state index is -1.17. The molecule has 3 aromatic rings. The molecule has 2 N–H and O–H groups in total. The van der Waals surface area contributed by atoms with Gasteiger partial charge in [-0.1, -0.05) is 62.9 Å². The molecule has 5 nitrogen and oxygen atoms in total. The highest BCUT2D eigenvalue weighted by atomic mass is 79.9. The number of thiophene rings is 1. The zero-order chi connectivity index (χ0) is 21.3. The number of aromatic carboxylic acids is 1. The molecule has 1 heterocycles. The minimum Gasteiger partial charge on any atom is -0.494 e. The van der Waals surface area contributed by atoms with Crippen molar-refractivity contribution in [3.8, 4) is 16.9 Å². The molecule has 0 spiro atoms. The van der Waals surface area contributed by atoms with Gasteiger partial charge in [-0.3, -0.25) is 4.79 Å². The predicted octanol–water partition coefficient (Wildman–Crippen LogP) is 7.10. The normalized spacial score (nSPS) is 10.7. The molecule has 2 aromatic carbocycles. The maximum Gasteiger partial charge on any atom is 0.339 e. The predicted molar refractivity (Wildman–Crippen MR) is 120 cm³/mol. The van der Waals surface area contributed by atoms with E-state index >= 15 is 0 Å². The van der Waals surface area contributed by atoms with Gasteiger partial charge in [0.2, 0.25) is 0 Å². The van der Waals surface area contributed by atoms with Crippen molar-refractivity contribution < 1.29 is 19.4 Å². The molecule has 0 saturated carbocycles. The van der Waals surface area contributed by atoms with Gasteiger partial charge in [-0.05, 0) is 23.8 Å². The molecule has 0 unspecified atom stereocenters. The maximum absolute atomic E-state index is 12.8. The third kappa shape index (κ3) is 4.39. The minimum absolute atomic E-state index is 0.00727. The fraction of sp³-hybridized carbons (Fsp3) is 0.0526. The molecule has 3 rings (SSSR count). The summed E-state index contributed by atoms with van der Waals surface area (Å²) in [4.78, 5) is 24.7. The summed E-state index contributed by atoms with van der Waals surface area (Å²) in [6.45, 7) is 0. The van der Waals surface area contributed by atoms with Gasteiger partial charge in [0, 0.05) is 15.4 Å². The van der Waals surface area contributed by atoms with Crippen LogP contribution in [0.15, 0.2) is 40.2 Å². The van der Waals surface area contributed by atoms with Crippen molar-refractivity contribution in [1.29, 1.82) is 0 Å². The first kappa shape index (κ1) is 21.9. The van der Waals surface area contributed by atoms with Gasteiger partial charge in [0.05, 0.1) is 22.7 Å². The van der Waals surface area contributed by atoms with Gasteiger partial charge in [0.15, 0.2) is 5.75 Å². The van der Waals surface area contributed by atoms with Crippen LogP contribution in [0.25, 0.3) is 11.1 Å². The third-order valence-corrected chi connectivity index (χ3v) is 6.52. The van der Waals surface area contributed by atoms with Gasteiger partial charge in [-0.25, -0.2) is 4.79 Å². The fourth-order valence-electron chi connectivity index (χ4n) is 2.60. The number of ether oxygens (including phenoxy) is 1. The van der Waals surface area contributed by atoms with Crippen LogP contribution in [0.4, 0.5) is 5.00 Å². The zero-order valence-electron chi connectivity index (χ0n) is 14.6. The van der Waals surface area contributed by atoms with Crippen LogP contribution in [0.2, 0.25) is 15.1 Å². The van der Waals surface area contributed by atoms with Gasteiger partial charge < -0.3 is 15.2 Å². The van der Waals surface area contributed by atoms with Crippen LogP contribution >= 0.6 is 62.1 Å². The summed E-state index contributed by atoms with van der Waals surface area (Å²) < 4.78 is 5.97. The lowest BCUT2D eigenvalue weighted by Gasteiger charge is -2.12. The lowest BCUT2D eigenvalue weighted by atomic mass is 10.0. The Labute approximate surface area is 193 Å². The van der Waals surface area contributed by atoms with Crippen molar-refractivity contribution in [1.82, 2.24) is 0 Å². The summed E-state index contributed by atoms with van der Waals surface area (Å²) in [7, 11) is 1.34. The molecule has 0 bridgehead atoms. The number of hydrogen-bond donors (Lipinski definition) is 2. The number of carboxylic acids is 1. The van der Waals surface area contributed by atoms with E-state index in [0.29, 0.717) is 11.1 Å². The lowest BCUT2D eigenvalue weighted by molar-refractivity contribution is 0.0699. The van der Waals surface area contributed by atoms with Gasteiger partial charge in [0.25, 0.3) is 5.91 Å². The Kier molecular flexibility index (Phi) is 6.76. The van der Waals surface area contributed by atoms with E-state index in [1.165, 1.54) is 13.2 Å². The number of carbonyl (C=O) groups is 2. The average Bonchev–Trinajstić information content (AvgIpc) is 3.09. The number of carboxylic acid groups (broad SMARTS) is 1. The molecular formula is C19H11BrCl3NO4S. The molecule has 10 heteroatoms. The summed E-state index contributed by atoms with van der Waals surface area (Å²) in [6, 6.07) is 8.47. The first-order valence-electron chi connectivity index (χ1n) is 7.88. The number of nitrogens with one attached hydrogen (secondary N) is 1. The average molecular weight is 536 g/mol. The number of benzene rings is 2. The molecule has 0 aliphatic carbocycles. The Balaban J connectivity index is 2.01. The largest absolute Gasteiger partial charge is 0.494 e. The van der Waals surface area contributed by atoms with E-state index < -0.39 is 11.9 Å². The number of amides is 1. The van der Waals surface area contributed by atoms with E-state index in [-0.39, 0.29) is 36.9 Å². The van der Waals surface area contributed by atoms with Gasteiger partial charge >= 0.3 is 5.97 Å². The molecule has 0 saturated heterocycles. The Morgan fingerprint density at radius 3 is 2.38 bits per heavy atom. The molecular weight excluding hydrogens is 525 g/mol. The van der Waals surface area contributed by atoms with Crippen molar-refractivity contribution in [2.45, 2.75) is 0 Å². The molecule has 0 aliphatic rings. The molecule has 0 aliphatic heterocycles. The van der Waals surface area contributed by atoms with Gasteiger partial charge in [0.1, 0.15) is 15.6 Å². The standard InChI is InChI=1S/C19H11BrCl3NO4S/c1-28-16-14(22)10(6-12(21)15(16)23)17(25)24-18-13(19(26)27)11(7-29-18)8-2-4-9(20)5-3-8/h2-7H,1H3,(H,24,25)(H,26,27). The van der Waals surface area contributed by atoms with E-state index in [4.69, 9.17) is 39.5 Å². The maximum atomic E-state index is 12.8. The number of anilines is 1. The van der Waals surface area contributed by atoms with Gasteiger partial charge in [-0.2, -0.15) is 0 Å². The third-order valence-electron chi connectivity index (χ3n) is 3.95.